The standard InChI is InChI=1S/C14H14ClNO/c1-9-7-11(15)4-5-12(9)10-3-6-13(16)14(8-10)17-2/h3-8H,16H2,1-2H3. The number of rotatable bonds is 2. The van der Waals surface area contributed by atoms with E-state index < -0.39 is 0 Å². The van der Waals surface area contributed by atoms with E-state index in [4.69, 9.17) is 22.1 Å². The number of methoxy groups -OCH3 is 1. The smallest absolute Gasteiger partial charge is 0.142 e. The van der Waals surface area contributed by atoms with Crippen LogP contribution < -0.4 is 10.5 Å². The third-order valence-corrected chi connectivity index (χ3v) is 2.97. The van der Waals surface area contributed by atoms with Crippen molar-refractivity contribution in [1.82, 2.24) is 0 Å². The number of hydrogen-bond acceptors (Lipinski definition) is 2. The van der Waals surface area contributed by atoms with Crippen LogP contribution >= 0.6 is 11.6 Å². The quantitative estimate of drug-likeness (QED) is 0.817. The van der Waals surface area contributed by atoms with Crippen LogP contribution in [0.1, 0.15) is 5.56 Å². The van der Waals surface area contributed by atoms with Gasteiger partial charge in [-0.3, -0.25) is 0 Å². The zero-order valence-electron chi connectivity index (χ0n) is 9.83. The molecule has 2 nitrogen and oxygen atoms in total. The van der Waals surface area contributed by atoms with Crippen LogP contribution in [0.15, 0.2) is 36.4 Å². The Morgan fingerprint density at radius 3 is 2.53 bits per heavy atom. The number of halogens is 1. The van der Waals surface area contributed by atoms with Gasteiger partial charge in [0.05, 0.1) is 12.8 Å². The molecule has 0 fully saturated rings. The highest BCUT2D eigenvalue weighted by Gasteiger charge is 2.06. The minimum Gasteiger partial charge on any atom is -0.495 e. The molecule has 0 bridgehead atoms. The van der Waals surface area contributed by atoms with E-state index in [9.17, 15) is 0 Å². The largest absolute Gasteiger partial charge is 0.495 e. The van der Waals surface area contributed by atoms with Crippen LogP contribution in [0.25, 0.3) is 11.1 Å². The van der Waals surface area contributed by atoms with Crippen LogP contribution in [0.3, 0.4) is 0 Å². The first-order chi connectivity index (χ1) is 8.11. The minimum atomic E-state index is 0.642. The molecule has 0 spiro atoms. The maximum atomic E-state index is 5.94. The average Bonchev–Trinajstić information content (AvgIpc) is 2.30. The van der Waals surface area contributed by atoms with Crippen molar-refractivity contribution in [2.75, 3.05) is 12.8 Å². The van der Waals surface area contributed by atoms with Crippen LogP contribution in [-0.2, 0) is 0 Å². The summed E-state index contributed by atoms with van der Waals surface area (Å²) >= 11 is 5.94. The molecule has 0 radical (unpaired) electrons. The summed E-state index contributed by atoms with van der Waals surface area (Å²) in [5.41, 5.74) is 9.77. The number of anilines is 1. The third-order valence-electron chi connectivity index (χ3n) is 2.73. The number of nitrogens with two attached hydrogens (primary N) is 1. The highest BCUT2D eigenvalue weighted by molar-refractivity contribution is 6.30. The second-order valence-corrected chi connectivity index (χ2v) is 4.35. The molecule has 88 valence electrons. The Morgan fingerprint density at radius 1 is 1.12 bits per heavy atom. The molecule has 0 aliphatic carbocycles. The van der Waals surface area contributed by atoms with E-state index in [2.05, 4.69) is 0 Å². The molecule has 0 aromatic heterocycles. The van der Waals surface area contributed by atoms with E-state index in [1.54, 1.807) is 7.11 Å². The maximum absolute atomic E-state index is 5.94. The summed E-state index contributed by atoms with van der Waals surface area (Å²) in [4.78, 5) is 0. The van der Waals surface area contributed by atoms with Crippen molar-refractivity contribution in [3.8, 4) is 16.9 Å². The zero-order valence-corrected chi connectivity index (χ0v) is 10.6. The molecule has 3 heteroatoms. The van der Waals surface area contributed by atoms with E-state index in [0.29, 0.717) is 11.4 Å². The molecule has 0 atom stereocenters. The van der Waals surface area contributed by atoms with Crippen LogP contribution in [0, 0.1) is 6.92 Å². The molecule has 0 heterocycles. The van der Waals surface area contributed by atoms with Crippen molar-refractivity contribution in [3.05, 3.63) is 47.0 Å². The zero-order chi connectivity index (χ0) is 12.4. The minimum absolute atomic E-state index is 0.642. The highest BCUT2D eigenvalue weighted by Crippen LogP contribution is 2.31. The Bertz CT molecular complexity index is 552. The maximum Gasteiger partial charge on any atom is 0.142 e. The number of aryl methyl sites for hydroxylation is 1. The van der Waals surface area contributed by atoms with E-state index in [1.807, 2.05) is 43.3 Å². The first-order valence-electron chi connectivity index (χ1n) is 5.32. The molecule has 2 aromatic carbocycles. The Kier molecular flexibility index (Phi) is 3.25. The van der Waals surface area contributed by atoms with Gasteiger partial charge in [0.25, 0.3) is 0 Å². The summed E-state index contributed by atoms with van der Waals surface area (Å²) in [5.74, 6) is 0.692. The number of hydrogen-bond donors (Lipinski definition) is 1. The summed E-state index contributed by atoms with van der Waals surface area (Å²) in [6.07, 6.45) is 0. The molecule has 0 aliphatic heterocycles. The van der Waals surface area contributed by atoms with Crippen molar-refractivity contribution in [1.29, 1.82) is 0 Å². The fourth-order valence-corrected chi connectivity index (χ4v) is 2.06. The van der Waals surface area contributed by atoms with Gasteiger partial charge in [0.1, 0.15) is 5.75 Å². The lowest BCUT2D eigenvalue weighted by atomic mass is 10.00. The van der Waals surface area contributed by atoms with Gasteiger partial charge in [-0.1, -0.05) is 23.7 Å². The van der Waals surface area contributed by atoms with Gasteiger partial charge in [0.15, 0.2) is 0 Å². The van der Waals surface area contributed by atoms with Gasteiger partial charge in [-0.05, 0) is 47.9 Å². The van der Waals surface area contributed by atoms with Gasteiger partial charge in [-0.25, -0.2) is 0 Å². The third kappa shape index (κ3) is 2.37. The molecule has 0 amide bonds. The predicted molar refractivity (Wildman–Crippen MR) is 72.6 cm³/mol. The van der Waals surface area contributed by atoms with Crippen LogP contribution in [0.2, 0.25) is 5.02 Å². The van der Waals surface area contributed by atoms with Crippen molar-refractivity contribution < 1.29 is 4.74 Å². The van der Waals surface area contributed by atoms with E-state index >= 15 is 0 Å². The Morgan fingerprint density at radius 2 is 1.88 bits per heavy atom. The fraction of sp³-hybridized carbons (Fsp3) is 0.143. The summed E-state index contributed by atoms with van der Waals surface area (Å²) in [6, 6.07) is 11.6. The van der Waals surface area contributed by atoms with E-state index in [0.717, 1.165) is 21.7 Å². The molecule has 2 N–H and O–H groups in total. The van der Waals surface area contributed by atoms with Crippen molar-refractivity contribution in [2.24, 2.45) is 0 Å². The second kappa shape index (κ2) is 4.68. The molecule has 2 aromatic rings. The van der Waals surface area contributed by atoms with Crippen molar-refractivity contribution in [3.63, 3.8) is 0 Å². The molecule has 0 unspecified atom stereocenters. The molecule has 0 saturated heterocycles. The van der Waals surface area contributed by atoms with Gasteiger partial charge >= 0.3 is 0 Å². The molecule has 2 rings (SSSR count). The molecule has 17 heavy (non-hydrogen) atoms. The lowest BCUT2D eigenvalue weighted by molar-refractivity contribution is 0.417. The summed E-state index contributed by atoms with van der Waals surface area (Å²) in [7, 11) is 1.62. The molecule has 0 aliphatic rings. The first kappa shape index (κ1) is 11.8. The van der Waals surface area contributed by atoms with E-state index in [1.165, 1.54) is 0 Å². The highest BCUT2D eigenvalue weighted by atomic mass is 35.5. The lowest BCUT2D eigenvalue weighted by Crippen LogP contribution is -1.93. The monoisotopic (exact) mass is 247 g/mol. The van der Waals surface area contributed by atoms with Gasteiger partial charge in [0, 0.05) is 5.02 Å². The van der Waals surface area contributed by atoms with Crippen molar-refractivity contribution >= 4 is 17.3 Å². The SMILES string of the molecule is COc1cc(-c2ccc(Cl)cc2C)ccc1N. The summed E-state index contributed by atoms with van der Waals surface area (Å²) in [5, 5.41) is 0.744. The second-order valence-electron chi connectivity index (χ2n) is 3.92. The fourth-order valence-electron chi connectivity index (χ4n) is 1.83. The normalized spacial score (nSPS) is 10.3. The number of nitrogen functional groups attached to an aromatic ring is 1. The predicted octanol–water partition coefficient (Wildman–Crippen LogP) is 3.91. The van der Waals surface area contributed by atoms with Crippen LogP contribution in [0.5, 0.6) is 5.75 Å². The summed E-state index contributed by atoms with van der Waals surface area (Å²) in [6.45, 7) is 2.03. The van der Waals surface area contributed by atoms with Gasteiger partial charge in [0.2, 0.25) is 0 Å². The van der Waals surface area contributed by atoms with Gasteiger partial charge in [-0.15, -0.1) is 0 Å². The van der Waals surface area contributed by atoms with Gasteiger partial charge in [-0.2, -0.15) is 0 Å². The van der Waals surface area contributed by atoms with E-state index in [-0.39, 0.29) is 0 Å². The first-order valence-corrected chi connectivity index (χ1v) is 5.69. The topological polar surface area (TPSA) is 35.2 Å². The Hall–Kier alpha value is -1.67. The Balaban J connectivity index is 2.53. The average molecular weight is 248 g/mol. The van der Waals surface area contributed by atoms with Gasteiger partial charge < -0.3 is 10.5 Å². The summed E-state index contributed by atoms with van der Waals surface area (Å²) < 4.78 is 5.22. The molecule has 0 saturated carbocycles. The molecular weight excluding hydrogens is 234 g/mol. The number of benzene rings is 2. The van der Waals surface area contributed by atoms with Crippen LogP contribution in [0.4, 0.5) is 5.69 Å². The molecular formula is C14H14ClNO. The lowest BCUT2D eigenvalue weighted by Gasteiger charge is -2.10. The van der Waals surface area contributed by atoms with Crippen LogP contribution in [-0.4, -0.2) is 7.11 Å². The Labute approximate surface area is 106 Å². The number of ether oxygens (including phenoxy) is 1. The van der Waals surface area contributed by atoms with Crippen molar-refractivity contribution in [2.45, 2.75) is 6.92 Å².